The van der Waals surface area contributed by atoms with Crippen molar-refractivity contribution in [3.05, 3.63) is 29.6 Å². The Kier molecular flexibility index (Phi) is 3.51. The van der Waals surface area contributed by atoms with E-state index >= 15 is 0 Å². The minimum atomic E-state index is 0.644. The lowest BCUT2D eigenvalue weighted by molar-refractivity contribution is 0.627. The van der Waals surface area contributed by atoms with Gasteiger partial charge in [-0.2, -0.15) is 0 Å². The third kappa shape index (κ3) is 3.09. The third-order valence-electron chi connectivity index (χ3n) is 2.84. The second-order valence-electron chi connectivity index (χ2n) is 5.73. The first-order valence-electron chi connectivity index (χ1n) is 6.52. The van der Waals surface area contributed by atoms with Crippen LogP contribution in [-0.2, 0) is 12.8 Å². The molecule has 2 rings (SSSR count). The summed E-state index contributed by atoms with van der Waals surface area (Å²) in [5.41, 5.74) is 3.65. The molecule has 0 aliphatic rings. The molecule has 0 atom stereocenters. The summed E-state index contributed by atoms with van der Waals surface area (Å²) in [6, 6.07) is 6.58. The summed E-state index contributed by atoms with van der Waals surface area (Å²) in [6.07, 6.45) is 2.15. The molecule has 0 radical (unpaired) electrons. The molecule has 0 fully saturated rings. The predicted molar refractivity (Wildman–Crippen MR) is 73.2 cm³/mol. The fourth-order valence-corrected chi connectivity index (χ4v) is 2.19. The van der Waals surface area contributed by atoms with Crippen LogP contribution in [0.3, 0.4) is 0 Å². The lowest BCUT2D eigenvalue weighted by Gasteiger charge is -2.03. The standard InChI is InChI=1S/C15H22N2/c1-10(2)7-12-5-6-13-14(9-12)17-15(16-13)8-11(3)4/h5-6,9-11H,7-8H2,1-4H3,(H,16,17). The van der Waals surface area contributed by atoms with Crippen molar-refractivity contribution >= 4 is 11.0 Å². The maximum atomic E-state index is 4.67. The molecule has 92 valence electrons. The molecule has 0 amide bonds. The highest BCUT2D eigenvalue weighted by atomic mass is 14.9. The highest BCUT2D eigenvalue weighted by Gasteiger charge is 2.06. The summed E-state index contributed by atoms with van der Waals surface area (Å²) in [5.74, 6) is 2.45. The third-order valence-corrected chi connectivity index (χ3v) is 2.84. The van der Waals surface area contributed by atoms with E-state index in [0.29, 0.717) is 11.8 Å². The van der Waals surface area contributed by atoms with E-state index < -0.39 is 0 Å². The number of nitrogens with one attached hydrogen (secondary N) is 1. The van der Waals surface area contributed by atoms with Crippen LogP contribution in [0.1, 0.15) is 39.1 Å². The fraction of sp³-hybridized carbons (Fsp3) is 0.533. The van der Waals surface area contributed by atoms with Crippen LogP contribution in [0.15, 0.2) is 18.2 Å². The molecule has 2 aromatic rings. The summed E-state index contributed by atoms with van der Waals surface area (Å²) >= 11 is 0. The number of benzene rings is 1. The normalized spacial score (nSPS) is 11.9. The van der Waals surface area contributed by atoms with Crippen molar-refractivity contribution in [2.75, 3.05) is 0 Å². The predicted octanol–water partition coefficient (Wildman–Crippen LogP) is 3.96. The molecule has 1 N–H and O–H groups in total. The average Bonchev–Trinajstić information content (AvgIpc) is 2.56. The van der Waals surface area contributed by atoms with Gasteiger partial charge in [-0.1, -0.05) is 33.8 Å². The van der Waals surface area contributed by atoms with E-state index in [1.807, 2.05) is 0 Å². The zero-order valence-electron chi connectivity index (χ0n) is 11.2. The molecule has 2 heteroatoms. The van der Waals surface area contributed by atoms with Crippen LogP contribution in [0.2, 0.25) is 0 Å². The van der Waals surface area contributed by atoms with Crippen LogP contribution in [0.4, 0.5) is 0 Å². The molecule has 0 bridgehead atoms. The molecule has 0 saturated carbocycles. The zero-order valence-corrected chi connectivity index (χ0v) is 11.2. The second kappa shape index (κ2) is 4.91. The lowest BCUT2D eigenvalue weighted by atomic mass is 10.0. The van der Waals surface area contributed by atoms with Gasteiger partial charge in [-0.25, -0.2) is 4.98 Å². The SMILES string of the molecule is CC(C)Cc1ccc2[nH]c(CC(C)C)nc2c1. The molecule has 2 nitrogen and oxygen atoms in total. The molecule has 1 aromatic carbocycles. The van der Waals surface area contributed by atoms with Crippen LogP contribution in [0.25, 0.3) is 11.0 Å². The van der Waals surface area contributed by atoms with Crippen LogP contribution in [0.5, 0.6) is 0 Å². The second-order valence-corrected chi connectivity index (χ2v) is 5.73. The summed E-state index contributed by atoms with van der Waals surface area (Å²) in [4.78, 5) is 8.06. The maximum absolute atomic E-state index is 4.67. The molecular weight excluding hydrogens is 208 g/mol. The first-order chi connectivity index (χ1) is 8.04. The molecule has 0 spiro atoms. The maximum Gasteiger partial charge on any atom is 0.107 e. The number of rotatable bonds is 4. The average molecular weight is 230 g/mol. The van der Waals surface area contributed by atoms with Gasteiger partial charge in [0.2, 0.25) is 0 Å². The number of nitrogens with zero attached hydrogens (tertiary/aromatic N) is 1. The lowest BCUT2D eigenvalue weighted by Crippen LogP contribution is -1.95. The van der Waals surface area contributed by atoms with E-state index in [1.54, 1.807) is 0 Å². The van der Waals surface area contributed by atoms with Crippen LogP contribution >= 0.6 is 0 Å². The van der Waals surface area contributed by atoms with Gasteiger partial charge in [0, 0.05) is 6.42 Å². The van der Waals surface area contributed by atoms with Crippen molar-refractivity contribution in [3.63, 3.8) is 0 Å². The Morgan fingerprint density at radius 1 is 1.06 bits per heavy atom. The Morgan fingerprint density at radius 2 is 1.76 bits per heavy atom. The topological polar surface area (TPSA) is 28.7 Å². The Balaban J connectivity index is 2.27. The van der Waals surface area contributed by atoms with Gasteiger partial charge in [0.05, 0.1) is 11.0 Å². The highest BCUT2D eigenvalue weighted by molar-refractivity contribution is 5.75. The molecule has 0 aliphatic carbocycles. The molecule has 17 heavy (non-hydrogen) atoms. The van der Waals surface area contributed by atoms with Crippen molar-refractivity contribution in [2.24, 2.45) is 11.8 Å². The number of aromatic nitrogens is 2. The Labute approximate surface area is 103 Å². The van der Waals surface area contributed by atoms with Gasteiger partial charge in [0.15, 0.2) is 0 Å². The van der Waals surface area contributed by atoms with E-state index in [9.17, 15) is 0 Å². The zero-order chi connectivity index (χ0) is 12.4. The Hall–Kier alpha value is -1.31. The van der Waals surface area contributed by atoms with Crippen molar-refractivity contribution in [3.8, 4) is 0 Å². The summed E-state index contributed by atoms with van der Waals surface area (Å²) in [6.45, 7) is 8.94. The monoisotopic (exact) mass is 230 g/mol. The molecule has 1 heterocycles. The minimum Gasteiger partial charge on any atom is -0.342 e. The van der Waals surface area contributed by atoms with E-state index in [-0.39, 0.29) is 0 Å². The van der Waals surface area contributed by atoms with Crippen LogP contribution in [0, 0.1) is 11.8 Å². The molecule has 0 unspecified atom stereocenters. The Morgan fingerprint density at radius 3 is 2.41 bits per heavy atom. The van der Waals surface area contributed by atoms with Gasteiger partial charge in [0.1, 0.15) is 5.82 Å². The van der Waals surface area contributed by atoms with E-state index in [2.05, 4.69) is 55.9 Å². The van der Waals surface area contributed by atoms with E-state index in [4.69, 9.17) is 0 Å². The van der Waals surface area contributed by atoms with Crippen molar-refractivity contribution < 1.29 is 0 Å². The summed E-state index contributed by atoms with van der Waals surface area (Å²) in [7, 11) is 0. The van der Waals surface area contributed by atoms with Crippen LogP contribution in [-0.4, -0.2) is 9.97 Å². The van der Waals surface area contributed by atoms with Crippen molar-refractivity contribution in [1.82, 2.24) is 9.97 Å². The number of aromatic amines is 1. The van der Waals surface area contributed by atoms with Crippen molar-refractivity contribution in [1.29, 1.82) is 0 Å². The number of hydrogen-bond acceptors (Lipinski definition) is 1. The first-order valence-corrected chi connectivity index (χ1v) is 6.52. The summed E-state index contributed by atoms with van der Waals surface area (Å²) in [5, 5.41) is 0. The van der Waals surface area contributed by atoms with Gasteiger partial charge in [-0.15, -0.1) is 0 Å². The van der Waals surface area contributed by atoms with Gasteiger partial charge >= 0.3 is 0 Å². The van der Waals surface area contributed by atoms with Gasteiger partial charge in [-0.05, 0) is 36.0 Å². The molecule has 0 saturated heterocycles. The number of H-pyrrole nitrogens is 1. The summed E-state index contributed by atoms with van der Waals surface area (Å²) < 4.78 is 0. The molecule has 0 aliphatic heterocycles. The molecule has 1 aromatic heterocycles. The van der Waals surface area contributed by atoms with Crippen LogP contribution < -0.4 is 0 Å². The number of imidazole rings is 1. The van der Waals surface area contributed by atoms with E-state index in [0.717, 1.165) is 29.7 Å². The first kappa shape index (κ1) is 12.2. The molecular formula is C15H22N2. The van der Waals surface area contributed by atoms with Gasteiger partial charge in [0.25, 0.3) is 0 Å². The smallest absolute Gasteiger partial charge is 0.107 e. The largest absolute Gasteiger partial charge is 0.342 e. The highest BCUT2D eigenvalue weighted by Crippen LogP contribution is 2.17. The Bertz CT molecular complexity index is 487. The van der Waals surface area contributed by atoms with Crippen molar-refractivity contribution in [2.45, 2.75) is 40.5 Å². The quantitative estimate of drug-likeness (QED) is 0.846. The number of fused-ring (bicyclic) bond motifs is 1. The van der Waals surface area contributed by atoms with Gasteiger partial charge in [-0.3, -0.25) is 0 Å². The van der Waals surface area contributed by atoms with E-state index in [1.165, 1.54) is 5.56 Å². The van der Waals surface area contributed by atoms with Gasteiger partial charge < -0.3 is 4.98 Å². The minimum absolute atomic E-state index is 0.644. The number of hydrogen-bond donors (Lipinski definition) is 1. The fourth-order valence-electron chi connectivity index (χ4n) is 2.19.